The first kappa shape index (κ1) is 22.0. The van der Waals surface area contributed by atoms with Crippen LogP contribution >= 0.6 is 11.6 Å². The van der Waals surface area contributed by atoms with Crippen LogP contribution in [0.25, 0.3) is 11.5 Å². The van der Waals surface area contributed by atoms with Gasteiger partial charge in [0, 0.05) is 16.6 Å². The number of methoxy groups -OCH3 is 1. The normalized spacial score (nSPS) is 13.0. The maximum absolute atomic E-state index is 13.2. The second kappa shape index (κ2) is 9.61. The summed E-state index contributed by atoms with van der Waals surface area (Å²) in [5, 5.41) is 8.85. The topological polar surface area (TPSA) is 90.8 Å². The first-order chi connectivity index (χ1) is 16.6. The number of rotatable bonds is 9. The number of halogens is 1. The summed E-state index contributed by atoms with van der Waals surface area (Å²) in [6.07, 6.45) is 1.85. The molecule has 174 valence electrons. The van der Waals surface area contributed by atoms with Crippen molar-refractivity contribution in [3.05, 3.63) is 83.1 Å². The SMILES string of the molecule is COc1ccccc1OCc1ccc(C(=O)N(Cc2nnc(-c3ccc(Cl)cc3)o2)C2CC2)o1. The molecule has 1 aliphatic rings. The third-order valence-corrected chi connectivity index (χ3v) is 5.68. The standard InChI is InChI=1S/C25H22ClN3O5/c1-31-20-4-2-3-5-21(20)32-15-19-12-13-22(33-19)25(30)29(18-10-11-18)14-23-27-28-24(34-23)16-6-8-17(26)9-7-16/h2-9,12-13,18H,10-11,14-15H2,1H3. The molecule has 0 unspecified atom stereocenters. The first-order valence-electron chi connectivity index (χ1n) is 10.8. The van der Waals surface area contributed by atoms with E-state index in [0.29, 0.717) is 34.1 Å². The molecule has 2 aromatic heterocycles. The molecule has 34 heavy (non-hydrogen) atoms. The van der Waals surface area contributed by atoms with E-state index in [1.54, 1.807) is 48.4 Å². The van der Waals surface area contributed by atoms with Gasteiger partial charge in [0.25, 0.3) is 5.91 Å². The maximum atomic E-state index is 13.2. The van der Waals surface area contributed by atoms with Crippen molar-refractivity contribution in [1.29, 1.82) is 0 Å². The van der Waals surface area contributed by atoms with Crippen molar-refractivity contribution in [1.82, 2.24) is 15.1 Å². The Morgan fingerprint density at radius 2 is 1.79 bits per heavy atom. The minimum absolute atomic E-state index is 0.122. The fraction of sp³-hybridized carbons (Fsp3) is 0.240. The van der Waals surface area contributed by atoms with Gasteiger partial charge in [-0.05, 0) is 61.4 Å². The van der Waals surface area contributed by atoms with Crippen molar-refractivity contribution in [3.8, 4) is 23.0 Å². The highest BCUT2D eigenvalue weighted by molar-refractivity contribution is 6.30. The van der Waals surface area contributed by atoms with Crippen molar-refractivity contribution >= 4 is 17.5 Å². The van der Waals surface area contributed by atoms with Crippen LogP contribution in [0.5, 0.6) is 11.5 Å². The van der Waals surface area contributed by atoms with E-state index in [2.05, 4.69) is 10.2 Å². The predicted molar refractivity (Wildman–Crippen MR) is 124 cm³/mol. The van der Waals surface area contributed by atoms with Crippen LogP contribution in [0, 0.1) is 0 Å². The number of amides is 1. The molecule has 2 aromatic carbocycles. The number of nitrogens with zero attached hydrogens (tertiary/aromatic N) is 3. The van der Waals surface area contributed by atoms with Crippen LogP contribution in [0.4, 0.5) is 0 Å². The zero-order chi connectivity index (χ0) is 23.5. The third kappa shape index (κ3) is 4.92. The fourth-order valence-electron chi connectivity index (χ4n) is 3.52. The van der Waals surface area contributed by atoms with E-state index in [0.717, 1.165) is 18.4 Å². The van der Waals surface area contributed by atoms with Crippen molar-refractivity contribution in [3.63, 3.8) is 0 Å². The summed E-state index contributed by atoms with van der Waals surface area (Å²) in [7, 11) is 1.58. The summed E-state index contributed by atoms with van der Waals surface area (Å²) in [6.45, 7) is 0.378. The van der Waals surface area contributed by atoms with Crippen LogP contribution in [0.3, 0.4) is 0 Å². The van der Waals surface area contributed by atoms with E-state index in [-0.39, 0.29) is 30.9 Å². The van der Waals surface area contributed by atoms with Crippen molar-refractivity contribution < 1.29 is 23.1 Å². The largest absolute Gasteiger partial charge is 0.493 e. The molecule has 0 atom stereocenters. The van der Waals surface area contributed by atoms with Gasteiger partial charge in [-0.1, -0.05) is 23.7 Å². The predicted octanol–water partition coefficient (Wildman–Crippen LogP) is 5.38. The number of ether oxygens (including phenoxy) is 2. The molecular formula is C25H22ClN3O5. The van der Waals surface area contributed by atoms with E-state index in [9.17, 15) is 4.79 Å². The molecule has 0 spiro atoms. The zero-order valence-corrected chi connectivity index (χ0v) is 19.2. The monoisotopic (exact) mass is 479 g/mol. The van der Waals surface area contributed by atoms with E-state index < -0.39 is 0 Å². The smallest absolute Gasteiger partial charge is 0.290 e. The summed E-state index contributed by atoms with van der Waals surface area (Å²) >= 11 is 5.94. The molecule has 0 saturated heterocycles. The van der Waals surface area contributed by atoms with Crippen molar-refractivity contribution in [2.45, 2.75) is 32.0 Å². The molecule has 1 saturated carbocycles. The molecule has 0 N–H and O–H groups in total. The van der Waals surface area contributed by atoms with Gasteiger partial charge >= 0.3 is 0 Å². The van der Waals surface area contributed by atoms with Crippen LogP contribution in [-0.2, 0) is 13.2 Å². The maximum Gasteiger partial charge on any atom is 0.290 e. The molecule has 8 nitrogen and oxygen atoms in total. The molecule has 1 fully saturated rings. The van der Waals surface area contributed by atoms with Gasteiger partial charge in [0.05, 0.1) is 13.7 Å². The minimum atomic E-state index is -0.225. The summed E-state index contributed by atoms with van der Waals surface area (Å²) in [6, 6.07) is 18.0. The Hall–Kier alpha value is -3.78. The summed E-state index contributed by atoms with van der Waals surface area (Å²) < 4.78 is 22.7. The number of furan rings is 1. The molecule has 0 bridgehead atoms. The number of benzene rings is 2. The molecule has 1 aliphatic carbocycles. The van der Waals surface area contributed by atoms with Gasteiger partial charge in [-0.25, -0.2) is 0 Å². The van der Waals surface area contributed by atoms with E-state index >= 15 is 0 Å². The van der Waals surface area contributed by atoms with Gasteiger partial charge < -0.3 is 23.2 Å². The van der Waals surface area contributed by atoms with E-state index in [1.165, 1.54) is 0 Å². The average molecular weight is 480 g/mol. The lowest BCUT2D eigenvalue weighted by molar-refractivity contribution is 0.0678. The number of hydrogen-bond donors (Lipinski definition) is 0. The molecule has 5 rings (SSSR count). The Labute approximate surface area is 201 Å². The van der Waals surface area contributed by atoms with Gasteiger partial charge in [0.15, 0.2) is 17.3 Å². The highest BCUT2D eigenvalue weighted by atomic mass is 35.5. The molecule has 4 aromatic rings. The Balaban J connectivity index is 1.26. The van der Waals surface area contributed by atoms with Gasteiger partial charge in [0.2, 0.25) is 11.8 Å². The first-order valence-corrected chi connectivity index (χ1v) is 11.2. The number of para-hydroxylation sites is 2. The highest BCUT2D eigenvalue weighted by Crippen LogP contribution is 2.31. The average Bonchev–Trinajstić information content (AvgIpc) is 3.40. The zero-order valence-electron chi connectivity index (χ0n) is 18.4. The number of aromatic nitrogens is 2. The quantitative estimate of drug-likeness (QED) is 0.318. The molecule has 0 radical (unpaired) electrons. The molecule has 9 heteroatoms. The van der Waals surface area contributed by atoms with Crippen LogP contribution in [0.15, 0.2) is 69.5 Å². The Bertz CT molecular complexity index is 1280. The Morgan fingerprint density at radius 3 is 2.53 bits per heavy atom. The third-order valence-electron chi connectivity index (χ3n) is 5.42. The van der Waals surface area contributed by atoms with Gasteiger partial charge in [0.1, 0.15) is 12.4 Å². The van der Waals surface area contributed by atoms with Crippen LogP contribution in [0.2, 0.25) is 5.02 Å². The lowest BCUT2D eigenvalue weighted by atomic mass is 10.2. The number of carbonyl (C=O) groups is 1. The van der Waals surface area contributed by atoms with E-state index in [1.807, 2.05) is 24.3 Å². The fourth-order valence-corrected chi connectivity index (χ4v) is 3.65. The highest BCUT2D eigenvalue weighted by Gasteiger charge is 2.35. The van der Waals surface area contributed by atoms with Crippen LogP contribution < -0.4 is 9.47 Å². The minimum Gasteiger partial charge on any atom is -0.493 e. The summed E-state index contributed by atoms with van der Waals surface area (Å²) in [5.74, 6) is 2.51. The summed E-state index contributed by atoms with van der Waals surface area (Å²) in [4.78, 5) is 14.9. The van der Waals surface area contributed by atoms with Gasteiger partial charge in [-0.2, -0.15) is 0 Å². The molecule has 2 heterocycles. The van der Waals surface area contributed by atoms with Gasteiger partial charge in [-0.15, -0.1) is 10.2 Å². The van der Waals surface area contributed by atoms with Crippen molar-refractivity contribution in [2.24, 2.45) is 0 Å². The second-order valence-corrected chi connectivity index (χ2v) is 8.31. The molecular weight excluding hydrogens is 458 g/mol. The Morgan fingerprint density at radius 1 is 1.03 bits per heavy atom. The molecule has 0 aliphatic heterocycles. The lowest BCUT2D eigenvalue weighted by Crippen LogP contribution is -2.32. The second-order valence-electron chi connectivity index (χ2n) is 7.88. The lowest BCUT2D eigenvalue weighted by Gasteiger charge is -2.19. The number of hydrogen-bond acceptors (Lipinski definition) is 7. The van der Waals surface area contributed by atoms with E-state index in [4.69, 9.17) is 29.9 Å². The van der Waals surface area contributed by atoms with Gasteiger partial charge in [-0.3, -0.25) is 4.79 Å². The Kier molecular flexibility index (Phi) is 6.22. The van der Waals surface area contributed by atoms with Crippen LogP contribution in [-0.4, -0.2) is 34.2 Å². The number of carbonyl (C=O) groups excluding carboxylic acids is 1. The van der Waals surface area contributed by atoms with Crippen molar-refractivity contribution in [2.75, 3.05) is 7.11 Å². The van der Waals surface area contributed by atoms with Crippen LogP contribution in [0.1, 0.15) is 35.0 Å². The summed E-state index contributed by atoms with van der Waals surface area (Å²) in [5.41, 5.74) is 0.762. The molecule has 1 amide bonds.